The molecule has 2 aliphatic rings. The molecule has 1 aliphatic heterocycles. The Morgan fingerprint density at radius 1 is 1.00 bits per heavy atom. The van der Waals surface area contributed by atoms with Crippen molar-refractivity contribution >= 4 is 23.6 Å². The fraction of sp³-hybridized carbons (Fsp3) is 0.559. The number of nitrogens with two attached hydrogens (primary N) is 1. The van der Waals surface area contributed by atoms with Gasteiger partial charge in [-0.3, -0.25) is 29.1 Å². The quantitative estimate of drug-likeness (QED) is 0.242. The number of aliphatic hydroxyl groups is 1. The van der Waals surface area contributed by atoms with Gasteiger partial charge in [0.2, 0.25) is 17.7 Å². The number of carbonyl (C=O) groups excluding carboxylic acids is 4. The van der Waals surface area contributed by atoms with Crippen LogP contribution < -0.4 is 21.7 Å². The SMILES string of the molecule is CC(C)(C)NC(=O)[C@@H]1C[C@@H]2CCCC[C@@H]2CN1C[C@@H](O)[C@H](Cc1ccccc1)NC(=O)[C@H](CC(N)=O)NC(=O)c1ccccn1. The zero-order valence-corrected chi connectivity index (χ0v) is 26.6. The highest BCUT2D eigenvalue weighted by Crippen LogP contribution is 2.39. The highest BCUT2D eigenvalue weighted by Gasteiger charge is 2.42. The van der Waals surface area contributed by atoms with E-state index in [0.717, 1.165) is 31.2 Å². The number of amides is 4. The summed E-state index contributed by atoms with van der Waals surface area (Å²) >= 11 is 0. The molecule has 244 valence electrons. The van der Waals surface area contributed by atoms with Crippen LogP contribution in [-0.4, -0.2) is 81.5 Å². The number of rotatable bonds is 12. The van der Waals surface area contributed by atoms with Crippen molar-refractivity contribution in [1.82, 2.24) is 25.8 Å². The van der Waals surface area contributed by atoms with Crippen LogP contribution in [-0.2, 0) is 20.8 Å². The number of carbonyl (C=O) groups is 4. The molecule has 2 fully saturated rings. The van der Waals surface area contributed by atoms with Crippen molar-refractivity contribution in [3.63, 3.8) is 0 Å². The number of nitrogens with zero attached hydrogens (tertiary/aromatic N) is 2. The van der Waals surface area contributed by atoms with Gasteiger partial charge >= 0.3 is 0 Å². The number of likely N-dealkylation sites (tertiary alicyclic amines) is 1. The van der Waals surface area contributed by atoms with Crippen molar-refractivity contribution in [3.05, 3.63) is 66.0 Å². The third-order valence-corrected chi connectivity index (χ3v) is 8.74. The van der Waals surface area contributed by atoms with E-state index >= 15 is 0 Å². The molecule has 11 heteroatoms. The second-order valence-electron chi connectivity index (χ2n) is 13.5. The lowest BCUT2D eigenvalue weighted by Gasteiger charge is -2.47. The van der Waals surface area contributed by atoms with Crippen molar-refractivity contribution in [2.75, 3.05) is 13.1 Å². The maximum Gasteiger partial charge on any atom is 0.270 e. The number of aliphatic hydroxyl groups excluding tert-OH is 1. The maximum atomic E-state index is 13.6. The molecule has 1 saturated carbocycles. The first kappa shape index (κ1) is 34.1. The van der Waals surface area contributed by atoms with E-state index in [-0.39, 0.29) is 18.1 Å². The summed E-state index contributed by atoms with van der Waals surface area (Å²) in [5.41, 5.74) is 6.02. The first-order valence-electron chi connectivity index (χ1n) is 16.0. The van der Waals surface area contributed by atoms with Gasteiger partial charge < -0.3 is 26.8 Å². The minimum absolute atomic E-state index is 0.0545. The molecule has 4 amide bonds. The molecule has 2 heterocycles. The van der Waals surface area contributed by atoms with Gasteiger partial charge in [-0.05, 0) is 69.6 Å². The number of aromatic nitrogens is 1. The van der Waals surface area contributed by atoms with Gasteiger partial charge in [-0.1, -0.05) is 55.7 Å². The minimum Gasteiger partial charge on any atom is -0.390 e. The van der Waals surface area contributed by atoms with E-state index in [2.05, 4.69) is 25.8 Å². The lowest BCUT2D eigenvalue weighted by molar-refractivity contribution is -0.133. The first-order valence-corrected chi connectivity index (χ1v) is 16.0. The van der Waals surface area contributed by atoms with Crippen LogP contribution >= 0.6 is 0 Å². The molecule has 45 heavy (non-hydrogen) atoms. The largest absolute Gasteiger partial charge is 0.390 e. The Hall–Kier alpha value is -3.83. The van der Waals surface area contributed by atoms with E-state index < -0.39 is 53.9 Å². The zero-order valence-electron chi connectivity index (χ0n) is 26.6. The standard InChI is InChI=1S/C34H48N6O5/c1-34(2,3)39-33(45)28-18-23-13-7-8-14-24(23)20-40(28)21-29(41)26(17-22-11-5-4-6-12-22)37-32(44)27(19-30(35)42)38-31(43)25-15-9-10-16-36-25/h4-6,9-12,15-16,23-24,26-29,41H,7-8,13-14,17-21H2,1-3H3,(H2,35,42)(H,37,44)(H,38,43)(H,39,45)/t23-,24+,26-,27-,28-,29+/m0/s1. The Balaban J connectivity index is 1.55. The second kappa shape index (κ2) is 15.4. The van der Waals surface area contributed by atoms with Crippen LogP contribution in [0.15, 0.2) is 54.7 Å². The highest BCUT2D eigenvalue weighted by atomic mass is 16.3. The van der Waals surface area contributed by atoms with Crippen LogP contribution in [0.2, 0.25) is 0 Å². The fourth-order valence-electron chi connectivity index (χ4n) is 6.57. The van der Waals surface area contributed by atoms with Crippen LogP contribution in [0.1, 0.15) is 75.3 Å². The fourth-order valence-corrected chi connectivity index (χ4v) is 6.57. The van der Waals surface area contributed by atoms with Crippen molar-refractivity contribution in [1.29, 1.82) is 0 Å². The molecule has 6 atom stereocenters. The van der Waals surface area contributed by atoms with E-state index in [1.807, 2.05) is 51.1 Å². The first-order chi connectivity index (χ1) is 21.4. The molecule has 1 saturated heterocycles. The minimum atomic E-state index is -1.27. The Morgan fingerprint density at radius 2 is 1.69 bits per heavy atom. The highest BCUT2D eigenvalue weighted by molar-refractivity contribution is 5.97. The molecular weight excluding hydrogens is 572 g/mol. The zero-order chi connectivity index (χ0) is 32.6. The monoisotopic (exact) mass is 620 g/mol. The lowest BCUT2D eigenvalue weighted by atomic mass is 9.72. The Kier molecular flexibility index (Phi) is 11.7. The summed E-state index contributed by atoms with van der Waals surface area (Å²) in [6.07, 6.45) is 5.54. The Bertz CT molecular complexity index is 1300. The Labute approximate surface area is 265 Å². The lowest BCUT2D eigenvalue weighted by Crippen LogP contribution is -2.61. The van der Waals surface area contributed by atoms with Gasteiger partial charge in [-0.25, -0.2) is 0 Å². The van der Waals surface area contributed by atoms with Crippen molar-refractivity contribution in [2.24, 2.45) is 17.6 Å². The van der Waals surface area contributed by atoms with Crippen molar-refractivity contribution in [3.8, 4) is 0 Å². The van der Waals surface area contributed by atoms with Gasteiger partial charge in [-0.15, -0.1) is 0 Å². The van der Waals surface area contributed by atoms with Crippen LogP contribution in [0.4, 0.5) is 0 Å². The third-order valence-electron chi connectivity index (χ3n) is 8.74. The second-order valence-corrected chi connectivity index (χ2v) is 13.5. The molecule has 6 N–H and O–H groups in total. The summed E-state index contributed by atoms with van der Waals surface area (Å²) in [4.78, 5) is 58.0. The van der Waals surface area contributed by atoms with Crippen molar-refractivity contribution < 1.29 is 24.3 Å². The third kappa shape index (κ3) is 10.1. The number of pyridine rings is 1. The normalized spacial score (nSPS) is 22.3. The molecule has 0 bridgehead atoms. The van der Waals surface area contributed by atoms with E-state index in [1.54, 1.807) is 12.1 Å². The number of β-amino-alcohol motifs (C(OH)–C–C–N with tert-alkyl or cyclic N) is 1. The van der Waals surface area contributed by atoms with E-state index in [9.17, 15) is 24.3 Å². The van der Waals surface area contributed by atoms with Crippen molar-refractivity contribution in [2.45, 2.75) is 95.5 Å². The average molecular weight is 621 g/mol. The van der Waals surface area contributed by atoms with Gasteiger partial charge in [0.05, 0.1) is 24.6 Å². The molecule has 0 spiro atoms. The predicted molar refractivity (Wildman–Crippen MR) is 171 cm³/mol. The molecule has 4 rings (SSSR count). The number of piperidine rings is 1. The molecule has 1 aliphatic carbocycles. The van der Waals surface area contributed by atoms with Gasteiger partial charge in [-0.2, -0.15) is 0 Å². The van der Waals surface area contributed by atoms with Crippen LogP contribution in [0, 0.1) is 11.8 Å². The average Bonchev–Trinajstić information content (AvgIpc) is 2.99. The number of hydrogen-bond donors (Lipinski definition) is 5. The van der Waals surface area contributed by atoms with Gasteiger partial charge in [0.25, 0.3) is 5.91 Å². The summed E-state index contributed by atoms with van der Waals surface area (Å²) in [7, 11) is 0. The molecule has 11 nitrogen and oxygen atoms in total. The van der Waals surface area contributed by atoms with Gasteiger partial charge in [0.15, 0.2) is 0 Å². The summed E-state index contributed by atoms with van der Waals surface area (Å²) < 4.78 is 0. The number of primary amides is 1. The Morgan fingerprint density at radius 3 is 2.33 bits per heavy atom. The number of benzene rings is 1. The van der Waals surface area contributed by atoms with E-state index in [1.165, 1.54) is 18.7 Å². The summed E-state index contributed by atoms with van der Waals surface area (Å²) in [6.45, 7) is 6.73. The summed E-state index contributed by atoms with van der Waals surface area (Å²) in [5.74, 6) is -1.17. The smallest absolute Gasteiger partial charge is 0.270 e. The molecule has 1 aromatic carbocycles. The maximum absolute atomic E-state index is 13.6. The van der Waals surface area contributed by atoms with Crippen LogP contribution in [0.5, 0.6) is 0 Å². The summed E-state index contributed by atoms with van der Waals surface area (Å²) in [5, 5.41) is 20.3. The van der Waals surface area contributed by atoms with E-state index in [0.29, 0.717) is 24.8 Å². The summed E-state index contributed by atoms with van der Waals surface area (Å²) in [6, 6.07) is 11.8. The number of hydrogen-bond acceptors (Lipinski definition) is 7. The predicted octanol–water partition coefficient (Wildman–Crippen LogP) is 1.94. The number of nitrogens with one attached hydrogen (secondary N) is 3. The van der Waals surface area contributed by atoms with Gasteiger partial charge in [0, 0.05) is 24.8 Å². The molecule has 2 aromatic rings. The molecule has 1 aromatic heterocycles. The molecule has 0 radical (unpaired) electrons. The van der Waals surface area contributed by atoms with Crippen LogP contribution in [0.3, 0.4) is 0 Å². The topological polar surface area (TPSA) is 167 Å². The van der Waals surface area contributed by atoms with Crippen LogP contribution in [0.25, 0.3) is 0 Å². The molecular formula is C34H48N6O5. The molecule has 0 unspecified atom stereocenters. The van der Waals surface area contributed by atoms with Gasteiger partial charge in [0.1, 0.15) is 11.7 Å². The van der Waals surface area contributed by atoms with E-state index in [4.69, 9.17) is 5.73 Å². The number of fused-ring (bicyclic) bond motifs is 1.